The molecule has 1 N–H and O–H groups in total. The minimum absolute atomic E-state index is 0.553. The molecular weight excluding hydrogens is 188 g/mol. The molecule has 1 aromatic rings. The number of nitrogens with one attached hydrogen (secondary N) is 1. The molecule has 0 radical (unpaired) electrons. The van der Waals surface area contributed by atoms with Crippen LogP contribution in [0.1, 0.15) is 50.7 Å². The van der Waals surface area contributed by atoms with Gasteiger partial charge < -0.3 is 9.73 Å². The van der Waals surface area contributed by atoms with Gasteiger partial charge in [-0.2, -0.15) is 0 Å². The quantitative estimate of drug-likeness (QED) is 0.730. The first-order valence-corrected chi connectivity index (χ1v) is 5.96. The van der Waals surface area contributed by atoms with E-state index in [-0.39, 0.29) is 0 Å². The van der Waals surface area contributed by atoms with Crippen LogP contribution >= 0.6 is 0 Å². The predicted molar refractivity (Wildman–Crippen MR) is 59.6 cm³/mol. The van der Waals surface area contributed by atoms with Crippen LogP contribution in [0.15, 0.2) is 10.6 Å². The molecule has 2 rings (SSSR count). The molecule has 15 heavy (non-hydrogen) atoms. The van der Waals surface area contributed by atoms with Gasteiger partial charge in [0.1, 0.15) is 5.76 Å². The summed E-state index contributed by atoms with van der Waals surface area (Å²) in [6, 6.07) is 0. The highest BCUT2D eigenvalue weighted by atomic mass is 16.4. The van der Waals surface area contributed by atoms with Crippen LogP contribution < -0.4 is 5.32 Å². The van der Waals surface area contributed by atoms with Gasteiger partial charge in [-0.05, 0) is 31.7 Å². The number of hydrogen-bond donors (Lipinski definition) is 1. The zero-order valence-corrected chi connectivity index (χ0v) is 9.62. The van der Waals surface area contributed by atoms with Crippen molar-refractivity contribution in [3.63, 3.8) is 0 Å². The first-order valence-electron chi connectivity index (χ1n) is 5.96. The molecule has 0 spiro atoms. The molecule has 1 unspecified atom stereocenters. The molecule has 0 amide bonds. The maximum atomic E-state index is 5.72. The van der Waals surface area contributed by atoms with Gasteiger partial charge in [-0.3, -0.25) is 0 Å². The van der Waals surface area contributed by atoms with Gasteiger partial charge in [-0.25, -0.2) is 4.98 Å². The van der Waals surface area contributed by atoms with Crippen LogP contribution in [0.3, 0.4) is 0 Å². The number of nitrogens with zero attached hydrogens (tertiary/aromatic N) is 1. The smallest absolute Gasteiger partial charge is 0.208 e. The highest BCUT2D eigenvalue weighted by molar-refractivity contribution is 5.05. The van der Waals surface area contributed by atoms with E-state index in [0.717, 1.165) is 37.1 Å². The molecule has 84 valence electrons. The van der Waals surface area contributed by atoms with Gasteiger partial charge in [0, 0.05) is 5.92 Å². The van der Waals surface area contributed by atoms with Gasteiger partial charge in [-0.1, -0.05) is 13.8 Å². The van der Waals surface area contributed by atoms with Gasteiger partial charge in [0.15, 0.2) is 0 Å². The van der Waals surface area contributed by atoms with Crippen molar-refractivity contribution in [2.75, 3.05) is 6.54 Å². The summed E-state index contributed by atoms with van der Waals surface area (Å²) in [4.78, 5) is 4.29. The van der Waals surface area contributed by atoms with Crippen molar-refractivity contribution in [1.29, 1.82) is 0 Å². The zero-order valence-electron chi connectivity index (χ0n) is 9.62. The lowest BCUT2D eigenvalue weighted by Gasteiger charge is -2.04. The summed E-state index contributed by atoms with van der Waals surface area (Å²) in [5, 5.41) is 3.29. The highest BCUT2D eigenvalue weighted by Gasteiger charge is 2.31. The lowest BCUT2D eigenvalue weighted by Crippen LogP contribution is -2.13. The van der Waals surface area contributed by atoms with Gasteiger partial charge >= 0.3 is 0 Å². The maximum absolute atomic E-state index is 5.72. The van der Waals surface area contributed by atoms with Crippen molar-refractivity contribution in [2.45, 2.75) is 45.6 Å². The van der Waals surface area contributed by atoms with Crippen molar-refractivity contribution in [3.05, 3.63) is 17.8 Å². The van der Waals surface area contributed by atoms with Crippen molar-refractivity contribution in [2.24, 2.45) is 5.92 Å². The second-order valence-electron chi connectivity index (χ2n) is 4.46. The van der Waals surface area contributed by atoms with Crippen LogP contribution in [0.25, 0.3) is 0 Å². The second kappa shape index (κ2) is 4.79. The van der Waals surface area contributed by atoms with Crippen molar-refractivity contribution < 1.29 is 4.42 Å². The van der Waals surface area contributed by atoms with E-state index in [2.05, 4.69) is 24.1 Å². The van der Waals surface area contributed by atoms with E-state index in [1.165, 1.54) is 12.8 Å². The molecule has 0 bridgehead atoms. The molecule has 3 nitrogen and oxygen atoms in total. The molecule has 0 aromatic carbocycles. The summed E-state index contributed by atoms with van der Waals surface area (Å²) in [7, 11) is 0. The van der Waals surface area contributed by atoms with Gasteiger partial charge in [-0.15, -0.1) is 0 Å². The van der Waals surface area contributed by atoms with Crippen molar-refractivity contribution in [1.82, 2.24) is 10.3 Å². The fraction of sp³-hybridized carbons (Fsp3) is 0.750. The molecule has 1 atom stereocenters. The van der Waals surface area contributed by atoms with Gasteiger partial charge in [0.25, 0.3) is 0 Å². The van der Waals surface area contributed by atoms with Crippen molar-refractivity contribution in [3.8, 4) is 0 Å². The molecule has 0 saturated heterocycles. The van der Waals surface area contributed by atoms with Crippen LogP contribution in [0.5, 0.6) is 0 Å². The third kappa shape index (κ3) is 2.81. The summed E-state index contributed by atoms with van der Waals surface area (Å²) in [5.74, 6) is 3.28. The fourth-order valence-corrected chi connectivity index (χ4v) is 1.82. The Bertz CT molecular complexity index is 304. The Morgan fingerprint density at radius 3 is 3.07 bits per heavy atom. The summed E-state index contributed by atoms with van der Waals surface area (Å²) < 4.78 is 5.72. The minimum atomic E-state index is 0.553. The second-order valence-corrected chi connectivity index (χ2v) is 4.46. The number of aromatic nitrogens is 1. The van der Waals surface area contributed by atoms with E-state index in [9.17, 15) is 0 Å². The Hall–Kier alpha value is -0.830. The molecule has 1 heterocycles. The molecule has 1 aliphatic carbocycles. The standard InChI is InChI=1S/C12H20N2O/c1-3-6-13-8-12-14-7-11(15-12)9(2)10-4-5-10/h7,9-10,13H,3-6,8H2,1-2H3. The lowest BCUT2D eigenvalue weighted by molar-refractivity contribution is 0.404. The average molecular weight is 208 g/mol. The Labute approximate surface area is 91.3 Å². The van der Waals surface area contributed by atoms with E-state index in [1.54, 1.807) is 0 Å². The number of hydrogen-bond acceptors (Lipinski definition) is 3. The van der Waals surface area contributed by atoms with E-state index >= 15 is 0 Å². The maximum Gasteiger partial charge on any atom is 0.208 e. The van der Waals surface area contributed by atoms with E-state index in [4.69, 9.17) is 4.42 Å². The molecule has 1 aliphatic rings. The predicted octanol–water partition coefficient (Wildman–Crippen LogP) is 2.69. The summed E-state index contributed by atoms with van der Waals surface area (Å²) in [5.41, 5.74) is 0. The molecular formula is C12H20N2O. The zero-order chi connectivity index (χ0) is 10.7. The van der Waals surface area contributed by atoms with E-state index in [1.807, 2.05) is 6.20 Å². The summed E-state index contributed by atoms with van der Waals surface area (Å²) >= 11 is 0. The normalized spacial score (nSPS) is 18.0. The van der Waals surface area contributed by atoms with E-state index < -0.39 is 0 Å². The van der Waals surface area contributed by atoms with Crippen molar-refractivity contribution >= 4 is 0 Å². The Balaban J connectivity index is 1.85. The van der Waals surface area contributed by atoms with Crippen LogP contribution in [-0.4, -0.2) is 11.5 Å². The Morgan fingerprint density at radius 2 is 2.40 bits per heavy atom. The average Bonchev–Trinajstić information content (AvgIpc) is 2.98. The third-order valence-corrected chi connectivity index (χ3v) is 3.05. The SMILES string of the molecule is CCCNCc1ncc(C(C)C2CC2)o1. The largest absolute Gasteiger partial charge is 0.444 e. The minimum Gasteiger partial charge on any atom is -0.444 e. The first kappa shape index (κ1) is 10.7. The summed E-state index contributed by atoms with van der Waals surface area (Å²) in [6.07, 6.45) is 5.74. The van der Waals surface area contributed by atoms with Gasteiger partial charge in [0.05, 0.1) is 12.7 Å². The molecule has 1 saturated carbocycles. The van der Waals surface area contributed by atoms with Gasteiger partial charge in [0.2, 0.25) is 5.89 Å². The molecule has 3 heteroatoms. The third-order valence-electron chi connectivity index (χ3n) is 3.05. The monoisotopic (exact) mass is 208 g/mol. The van der Waals surface area contributed by atoms with Crippen LogP contribution in [0.4, 0.5) is 0 Å². The van der Waals surface area contributed by atoms with Crippen LogP contribution in [0.2, 0.25) is 0 Å². The fourth-order valence-electron chi connectivity index (χ4n) is 1.82. The molecule has 1 fully saturated rings. The lowest BCUT2D eigenvalue weighted by atomic mass is 10.0. The number of oxazole rings is 1. The Kier molecular flexibility index (Phi) is 3.41. The topological polar surface area (TPSA) is 38.1 Å². The summed E-state index contributed by atoms with van der Waals surface area (Å²) in [6.45, 7) is 6.17. The van der Waals surface area contributed by atoms with Crippen LogP contribution in [-0.2, 0) is 6.54 Å². The molecule has 1 aromatic heterocycles. The van der Waals surface area contributed by atoms with E-state index in [0.29, 0.717) is 5.92 Å². The van der Waals surface area contributed by atoms with Crippen LogP contribution in [0, 0.1) is 5.92 Å². The first-order chi connectivity index (χ1) is 7.31. The molecule has 0 aliphatic heterocycles. The highest BCUT2D eigenvalue weighted by Crippen LogP contribution is 2.42. The Morgan fingerprint density at radius 1 is 1.60 bits per heavy atom. The number of rotatable bonds is 6.